The number of aliphatic carboxylic acids is 1. The lowest BCUT2D eigenvalue weighted by atomic mass is 10.0. The number of hydrogen-bond donors (Lipinski definition) is 0. The summed E-state index contributed by atoms with van der Waals surface area (Å²) in [6.45, 7) is 4.62. The van der Waals surface area contributed by atoms with E-state index in [4.69, 9.17) is 18.9 Å². The van der Waals surface area contributed by atoms with Crippen molar-refractivity contribution < 1.29 is 42.9 Å². The molecule has 422 valence electrons. The van der Waals surface area contributed by atoms with E-state index in [0.29, 0.717) is 17.4 Å². The van der Waals surface area contributed by atoms with Crippen LogP contribution in [0, 0.1) is 0 Å². The Labute approximate surface area is 449 Å². The van der Waals surface area contributed by atoms with Gasteiger partial charge in [-0.2, -0.15) is 0 Å². The molecule has 0 aliphatic heterocycles. The summed E-state index contributed by atoms with van der Waals surface area (Å²) in [5.41, 5.74) is 0. The van der Waals surface area contributed by atoms with Gasteiger partial charge in [-0.1, -0.05) is 234 Å². The Kier molecular flexibility index (Phi) is 52.5. The number of hydrogen-bond acceptors (Lipinski definition) is 8. The number of allylic oxidation sites excluding steroid dienone is 12. The van der Waals surface area contributed by atoms with E-state index in [1.165, 1.54) is 148 Å². The largest absolute Gasteiger partial charge is 0.545 e. The third kappa shape index (κ3) is 56.3. The van der Waals surface area contributed by atoms with E-state index in [2.05, 4.69) is 86.8 Å². The molecule has 9 nitrogen and oxygen atoms in total. The maximum Gasteiger partial charge on any atom is 0.306 e. The maximum atomic E-state index is 12.9. The molecular formula is C64H113NO8. The summed E-state index contributed by atoms with van der Waals surface area (Å²) in [4.78, 5) is 37.3. The average Bonchev–Trinajstić information content (AvgIpc) is 3.36. The normalized spacial score (nSPS) is 13.3. The molecule has 0 aromatic carbocycles. The first-order chi connectivity index (χ1) is 35.6. The molecule has 9 heteroatoms. The maximum absolute atomic E-state index is 12.9. The Morgan fingerprint density at radius 1 is 0.425 bits per heavy atom. The van der Waals surface area contributed by atoms with Crippen molar-refractivity contribution in [3.8, 4) is 0 Å². The van der Waals surface area contributed by atoms with Crippen LogP contribution in [0.15, 0.2) is 72.9 Å². The van der Waals surface area contributed by atoms with Crippen LogP contribution < -0.4 is 5.11 Å². The predicted molar refractivity (Wildman–Crippen MR) is 306 cm³/mol. The zero-order chi connectivity index (χ0) is 53.4. The molecule has 0 saturated carbocycles. The molecule has 0 aliphatic rings. The van der Waals surface area contributed by atoms with Crippen molar-refractivity contribution >= 4 is 17.9 Å². The lowest BCUT2D eigenvalue weighted by Gasteiger charge is -2.26. The number of esters is 2. The molecule has 0 fully saturated rings. The fraction of sp³-hybridized carbons (Fsp3) is 0.766. The SMILES string of the molecule is CC/C=C\C/C=C\C/C=C\C/C=C\CCCCCCCCCCCCCCCCCCCCC(=O)OC(COC(=O)CCCCCCCCC/C=C\C/C=C\CCCCC)COC(OCC[N+](C)(C)C)C(=O)[O-]. The van der Waals surface area contributed by atoms with Crippen LogP contribution >= 0.6 is 0 Å². The molecule has 0 radical (unpaired) electrons. The fourth-order valence-electron chi connectivity index (χ4n) is 8.32. The van der Waals surface area contributed by atoms with Crippen LogP contribution in [0.3, 0.4) is 0 Å². The van der Waals surface area contributed by atoms with Crippen LogP contribution in [0.1, 0.15) is 258 Å². The summed E-state index contributed by atoms with van der Waals surface area (Å²) in [7, 11) is 5.92. The predicted octanol–water partition coefficient (Wildman–Crippen LogP) is 16.5. The second-order valence-electron chi connectivity index (χ2n) is 21.3. The minimum Gasteiger partial charge on any atom is -0.545 e. The Morgan fingerprint density at radius 3 is 1.16 bits per heavy atom. The molecule has 73 heavy (non-hydrogen) atoms. The molecule has 0 aromatic heterocycles. The van der Waals surface area contributed by atoms with Gasteiger partial charge < -0.3 is 33.3 Å². The highest BCUT2D eigenvalue weighted by Crippen LogP contribution is 2.16. The van der Waals surface area contributed by atoms with Crippen molar-refractivity contribution in [1.29, 1.82) is 0 Å². The minimum absolute atomic E-state index is 0.145. The van der Waals surface area contributed by atoms with Crippen LogP contribution in [0.2, 0.25) is 0 Å². The first-order valence-corrected chi connectivity index (χ1v) is 30.1. The van der Waals surface area contributed by atoms with E-state index in [1.807, 2.05) is 21.1 Å². The molecule has 0 spiro atoms. The van der Waals surface area contributed by atoms with Crippen molar-refractivity contribution in [3.05, 3.63) is 72.9 Å². The fourth-order valence-corrected chi connectivity index (χ4v) is 8.32. The molecule has 0 heterocycles. The minimum atomic E-state index is -1.62. The number of unbranched alkanes of at least 4 members (excludes halogenated alkanes) is 28. The van der Waals surface area contributed by atoms with Crippen molar-refractivity contribution in [2.75, 3.05) is 47.5 Å². The van der Waals surface area contributed by atoms with Gasteiger partial charge in [0.25, 0.3) is 0 Å². The average molecular weight is 1020 g/mol. The van der Waals surface area contributed by atoms with Crippen molar-refractivity contribution in [1.82, 2.24) is 0 Å². The molecule has 2 unspecified atom stereocenters. The van der Waals surface area contributed by atoms with Gasteiger partial charge in [0.1, 0.15) is 13.2 Å². The monoisotopic (exact) mass is 1020 g/mol. The van der Waals surface area contributed by atoms with E-state index in [1.54, 1.807) is 0 Å². The topological polar surface area (TPSA) is 111 Å². The van der Waals surface area contributed by atoms with Gasteiger partial charge >= 0.3 is 11.9 Å². The Morgan fingerprint density at radius 2 is 0.781 bits per heavy atom. The summed E-state index contributed by atoms with van der Waals surface area (Å²) in [5.74, 6) is -2.29. The summed E-state index contributed by atoms with van der Waals surface area (Å²) >= 11 is 0. The number of likely N-dealkylation sites (N-methyl/N-ethyl adjacent to an activating group) is 1. The Bertz CT molecular complexity index is 1420. The van der Waals surface area contributed by atoms with Gasteiger partial charge in [-0.05, 0) is 83.5 Å². The van der Waals surface area contributed by atoms with E-state index in [9.17, 15) is 19.5 Å². The third-order valence-electron chi connectivity index (χ3n) is 12.9. The molecular weight excluding hydrogens is 911 g/mol. The molecule has 0 aromatic rings. The highest BCUT2D eigenvalue weighted by atomic mass is 16.7. The van der Waals surface area contributed by atoms with Crippen molar-refractivity contribution in [2.24, 2.45) is 0 Å². The zero-order valence-electron chi connectivity index (χ0n) is 48.0. The van der Waals surface area contributed by atoms with Gasteiger partial charge in [-0.15, -0.1) is 0 Å². The number of carbonyl (C=O) groups excluding carboxylic acids is 3. The van der Waals surface area contributed by atoms with Gasteiger partial charge in [0, 0.05) is 12.8 Å². The third-order valence-corrected chi connectivity index (χ3v) is 12.9. The lowest BCUT2D eigenvalue weighted by Crippen LogP contribution is -2.44. The molecule has 0 N–H and O–H groups in total. The summed E-state index contributed by atoms with van der Waals surface area (Å²) in [6, 6.07) is 0. The van der Waals surface area contributed by atoms with E-state index < -0.39 is 24.3 Å². The molecule has 0 aliphatic carbocycles. The summed E-state index contributed by atoms with van der Waals surface area (Å²) in [5, 5.41) is 11.8. The highest BCUT2D eigenvalue weighted by Gasteiger charge is 2.22. The van der Waals surface area contributed by atoms with Gasteiger partial charge in [0.15, 0.2) is 12.4 Å². The molecule has 0 rings (SSSR count). The summed E-state index contributed by atoms with van der Waals surface area (Å²) < 4.78 is 22.7. The van der Waals surface area contributed by atoms with Crippen LogP contribution in [-0.4, -0.2) is 82.3 Å². The van der Waals surface area contributed by atoms with Crippen LogP contribution in [-0.2, 0) is 33.3 Å². The highest BCUT2D eigenvalue weighted by molar-refractivity contribution is 5.70. The lowest BCUT2D eigenvalue weighted by molar-refractivity contribution is -0.870. The Balaban J connectivity index is 4.14. The zero-order valence-corrected chi connectivity index (χ0v) is 48.0. The molecule has 0 amide bonds. The number of ether oxygens (including phenoxy) is 4. The van der Waals surface area contributed by atoms with E-state index in [0.717, 1.165) is 77.0 Å². The number of carboxylic acid groups (broad SMARTS) is 1. The molecule has 2 atom stereocenters. The number of rotatable bonds is 55. The van der Waals surface area contributed by atoms with Crippen molar-refractivity contribution in [2.45, 2.75) is 270 Å². The van der Waals surface area contributed by atoms with E-state index >= 15 is 0 Å². The van der Waals surface area contributed by atoms with Gasteiger partial charge in [0.05, 0.1) is 40.3 Å². The van der Waals surface area contributed by atoms with Gasteiger partial charge in [0.2, 0.25) is 0 Å². The van der Waals surface area contributed by atoms with Gasteiger partial charge in [-0.25, -0.2) is 0 Å². The van der Waals surface area contributed by atoms with Gasteiger partial charge in [-0.3, -0.25) is 9.59 Å². The number of nitrogens with zero attached hydrogens (tertiary/aromatic N) is 1. The summed E-state index contributed by atoms with van der Waals surface area (Å²) in [6.07, 6.45) is 68.1. The first kappa shape index (κ1) is 69.7. The van der Waals surface area contributed by atoms with Crippen LogP contribution in [0.4, 0.5) is 0 Å². The quantitative estimate of drug-likeness (QED) is 0.0195. The molecule has 0 saturated heterocycles. The second kappa shape index (κ2) is 55.0. The van der Waals surface area contributed by atoms with Crippen molar-refractivity contribution in [3.63, 3.8) is 0 Å². The number of carbonyl (C=O) groups is 3. The molecule has 0 bridgehead atoms. The smallest absolute Gasteiger partial charge is 0.306 e. The standard InChI is InChI=1S/C64H113NO8/c1-6-8-10-12-14-16-18-20-22-24-25-26-27-28-29-30-31-32-33-34-35-36-37-39-41-43-45-47-49-51-53-55-62(67)73-60(59-72-64(63(68)69)70-57-56-65(3,4)5)58-71-61(66)54-52-50-48-46-44-42-40-38-23-21-19-17-15-13-11-9-7-2/h8,10,14-17,20-23,25-26,60,64H,6-7,9,11-13,18-19,24,27-59H2,1-5H3/b10-8-,16-14-,17-15-,22-20-,23-21-,26-25-. The van der Waals surface area contributed by atoms with Crippen LogP contribution in [0.25, 0.3) is 0 Å². The number of quaternary nitrogens is 1. The number of carboxylic acids is 1. The Hall–Kier alpha value is -3.27. The van der Waals surface area contributed by atoms with E-state index in [-0.39, 0.29) is 38.6 Å². The first-order valence-electron chi connectivity index (χ1n) is 30.1. The van der Waals surface area contributed by atoms with Crippen LogP contribution in [0.5, 0.6) is 0 Å². The second-order valence-corrected chi connectivity index (χ2v) is 21.3.